The van der Waals surface area contributed by atoms with Gasteiger partial charge >= 0.3 is 0 Å². The number of nitrogens with one attached hydrogen (secondary N) is 1. The van der Waals surface area contributed by atoms with Gasteiger partial charge in [-0.05, 0) is 48.5 Å². The van der Waals surface area contributed by atoms with Crippen LogP contribution in [0.5, 0.6) is 5.75 Å². The van der Waals surface area contributed by atoms with Gasteiger partial charge in [-0.2, -0.15) is 0 Å². The molecule has 0 spiro atoms. The summed E-state index contributed by atoms with van der Waals surface area (Å²) in [6.45, 7) is 2.02. The third kappa shape index (κ3) is 5.12. The van der Waals surface area contributed by atoms with E-state index in [-0.39, 0.29) is 23.1 Å². The van der Waals surface area contributed by atoms with Crippen molar-refractivity contribution < 1.29 is 18.3 Å². The van der Waals surface area contributed by atoms with Gasteiger partial charge in [-0.3, -0.25) is 0 Å². The molecule has 25 heavy (non-hydrogen) atoms. The highest BCUT2D eigenvalue weighted by molar-refractivity contribution is 9.10. The summed E-state index contributed by atoms with van der Waals surface area (Å²) in [6.07, 6.45) is -1.91. The fraction of sp³-hybridized carbons (Fsp3) is 0.278. The number of rotatable bonds is 6. The summed E-state index contributed by atoms with van der Waals surface area (Å²) >= 11 is 8.46. The zero-order chi connectivity index (χ0) is 18.4. The van der Waals surface area contributed by atoms with E-state index in [2.05, 4.69) is 21.2 Å². The molecular weight excluding hydrogens is 412 g/mol. The number of alkyl halides is 2. The quantitative estimate of drug-likeness (QED) is 0.581. The Morgan fingerprint density at radius 2 is 2.04 bits per heavy atom. The molecule has 7 heteroatoms. The van der Waals surface area contributed by atoms with Crippen molar-refractivity contribution in [3.63, 3.8) is 0 Å². The second-order valence-electron chi connectivity index (χ2n) is 5.20. The van der Waals surface area contributed by atoms with Gasteiger partial charge in [-0.15, -0.1) is 0 Å². The predicted octanol–water partition coefficient (Wildman–Crippen LogP) is 5.87. The van der Waals surface area contributed by atoms with Crippen molar-refractivity contribution in [2.75, 3.05) is 12.4 Å². The summed E-state index contributed by atoms with van der Waals surface area (Å²) in [5, 5.41) is 3.15. The minimum Gasteiger partial charge on any atom is -0.488 e. The van der Waals surface area contributed by atoms with Crippen molar-refractivity contribution in [2.45, 2.75) is 26.4 Å². The van der Waals surface area contributed by atoms with Crippen LogP contribution >= 0.6 is 28.1 Å². The number of aryl methyl sites for hydroxylation is 1. The highest BCUT2D eigenvalue weighted by Crippen LogP contribution is 2.32. The van der Waals surface area contributed by atoms with Crippen molar-refractivity contribution in [3.8, 4) is 5.75 Å². The molecule has 0 aromatic heterocycles. The van der Waals surface area contributed by atoms with Crippen molar-refractivity contribution >= 4 is 39.0 Å². The van der Waals surface area contributed by atoms with Crippen LogP contribution in [0.25, 0.3) is 0 Å². The lowest BCUT2D eigenvalue weighted by Gasteiger charge is -2.16. The maximum absolute atomic E-state index is 13.3. The predicted molar refractivity (Wildman–Crippen MR) is 102 cm³/mol. The average molecular weight is 430 g/mol. The van der Waals surface area contributed by atoms with Crippen LogP contribution in [0, 0.1) is 0 Å². The molecule has 0 amide bonds. The molecule has 3 nitrogen and oxygen atoms in total. The average Bonchev–Trinajstić information content (AvgIpc) is 2.60. The van der Waals surface area contributed by atoms with Crippen LogP contribution in [0.2, 0.25) is 0 Å². The van der Waals surface area contributed by atoms with Crippen molar-refractivity contribution in [3.05, 3.63) is 57.6 Å². The smallest absolute Gasteiger partial charge is 0.267 e. The molecule has 0 saturated carbocycles. The molecule has 134 valence electrons. The number of benzene rings is 2. The standard InChI is InChI=1S/C18H18BrF2NO2S/c1-3-11-7-8-16(12(9-11)17(20)21)24-10-13-14(19)5-4-6-15(13)22-18(25)23-2/h4-9,17H,3,10H2,1-2H3,(H,22,25). The van der Waals surface area contributed by atoms with Crippen LogP contribution in [0.1, 0.15) is 30.0 Å². The summed E-state index contributed by atoms with van der Waals surface area (Å²) in [4.78, 5) is 0. The molecule has 0 fully saturated rings. The van der Waals surface area contributed by atoms with Crippen molar-refractivity contribution in [2.24, 2.45) is 0 Å². The van der Waals surface area contributed by atoms with Crippen LogP contribution in [-0.2, 0) is 17.8 Å². The van der Waals surface area contributed by atoms with Crippen molar-refractivity contribution in [1.29, 1.82) is 0 Å². The molecule has 0 aliphatic carbocycles. The Labute approximate surface area is 159 Å². The summed E-state index contributed by atoms with van der Waals surface area (Å²) < 4.78 is 38.0. The third-order valence-corrected chi connectivity index (χ3v) is 4.64. The summed E-state index contributed by atoms with van der Waals surface area (Å²) in [5.41, 5.74) is 2.18. The molecule has 1 N–H and O–H groups in total. The molecule has 0 radical (unpaired) electrons. The normalized spacial score (nSPS) is 10.6. The molecule has 2 rings (SSSR count). The van der Waals surface area contributed by atoms with E-state index in [0.717, 1.165) is 15.6 Å². The second-order valence-corrected chi connectivity index (χ2v) is 6.42. The van der Waals surface area contributed by atoms with E-state index in [0.29, 0.717) is 12.1 Å². The highest BCUT2D eigenvalue weighted by atomic mass is 79.9. The molecule has 0 bridgehead atoms. The van der Waals surface area contributed by atoms with E-state index in [1.807, 2.05) is 25.1 Å². The van der Waals surface area contributed by atoms with Gasteiger partial charge in [-0.25, -0.2) is 8.78 Å². The number of methoxy groups -OCH3 is 1. The summed E-state index contributed by atoms with van der Waals surface area (Å²) in [7, 11) is 1.47. The van der Waals surface area contributed by atoms with E-state index in [4.69, 9.17) is 21.7 Å². The first-order valence-electron chi connectivity index (χ1n) is 7.62. The lowest BCUT2D eigenvalue weighted by Crippen LogP contribution is -2.13. The fourth-order valence-electron chi connectivity index (χ4n) is 2.25. The number of ether oxygens (including phenoxy) is 2. The Hall–Kier alpha value is -1.73. The Bertz CT molecular complexity index is 756. The van der Waals surface area contributed by atoms with Crippen LogP contribution in [0.4, 0.5) is 14.5 Å². The van der Waals surface area contributed by atoms with Gasteiger partial charge in [0.15, 0.2) is 0 Å². The molecule has 0 unspecified atom stereocenters. The SMILES string of the molecule is CCc1ccc(OCc2c(Br)cccc2NC(=S)OC)c(C(F)F)c1. The molecular formula is C18H18BrF2NO2S. The van der Waals surface area contributed by atoms with Gasteiger partial charge < -0.3 is 14.8 Å². The lowest BCUT2D eigenvalue weighted by molar-refractivity contribution is 0.144. The fourth-order valence-corrected chi connectivity index (χ4v) is 2.84. The molecule has 0 aliphatic heterocycles. The van der Waals surface area contributed by atoms with E-state index in [1.54, 1.807) is 12.1 Å². The van der Waals surface area contributed by atoms with Gasteiger partial charge in [0.25, 0.3) is 11.6 Å². The minimum atomic E-state index is -2.60. The largest absolute Gasteiger partial charge is 0.488 e. The maximum atomic E-state index is 13.3. The Balaban J connectivity index is 2.26. The topological polar surface area (TPSA) is 30.5 Å². The van der Waals surface area contributed by atoms with Crippen LogP contribution < -0.4 is 10.1 Å². The Kier molecular flexibility index (Phi) is 7.13. The molecule has 0 saturated heterocycles. The van der Waals surface area contributed by atoms with E-state index in [1.165, 1.54) is 13.2 Å². The zero-order valence-electron chi connectivity index (χ0n) is 13.8. The third-order valence-electron chi connectivity index (χ3n) is 3.63. The van der Waals surface area contributed by atoms with Crippen LogP contribution in [0.15, 0.2) is 40.9 Å². The minimum absolute atomic E-state index is 0.0985. The molecule has 2 aromatic rings. The van der Waals surface area contributed by atoms with Gasteiger partial charge in [0.05, 0.1) is 12.7 Å². The van der Waals surface area contributed by atoms with E-state index in [9.17, 15) is 8.78 Å². The zero-order valence-corrected chi connectivity index (χ0v) is 16.2. The highest BCUT2D eigenvalue weighted by Gasteiger charge is 2.16. The van der Waals surface area contributed by atoms with Gasteiger partial charge in [0, 0.05) is 15.7 Å². The van der Waals surface area contributed by atoms with Crippen LogP contribution in [0.3, 0.4) is 0 Å². The maximum Gasteiger partial charge on any atom is 0.267 e. The molecule has 0 atom stereocenters. The second kappa shape index (κ2) is 9.10. The van der Waals surface area contributed by atoms with Crippen molar-refractivity contribution in [1.82, 2.24) is 0 Å². The van der Waals surface area contributed by atoms with Gasteiger partial charge in [0.1, 0.15) is 12.4 Å². The number of anilines is 1. The van der Waals surface area contributed by atoms with E-state index < -0.39 is 6.43 Å². The first kappa shape index (κ1) is 19.6. The van der Waals surface area contributed by atoms with Gasteiger partial charge in [-0.1, -0.05) is 35.0 Å². The van der Waals surface area contributed by atoms with Gasteiger partial charge in [0.2, 0.25) is 0 Å². The number of hydrogen-bond donors (Lipinski definition) is 1. The monoisotopic (exact) mass is 429 g/mol. The summed E-state index contributed by atoms with van der Waals surface area (Å²) in [5.74, 6) is 0.170. The Morgan fingerprint density at radius 3 is 2.68 bits per heavy atom. The first-order chi connectivity index (χ1) is 12.0. The van der Waals surface area contributed by atoms with Crippen LogP contribution in [-0.4, -0.2) is 12.3 Å². The molecule has 2 aromatic carbocycles. The number of halogens is 3. The first-order valence-corrected chi connectivity index (χ1v) is 8.82. The number of hydrogen-bond acceptors (Lipinski definition) is 3. The summed E-state index contributed by atoms with van der Waals surface area (Å²) in [6, 6.07) is 10.3. The molecule has 0 aliphatic rings. The lowest BCUT2D eigenvalue weighted by atomic mass is 10.1. The van der Waals surface area contributed by atoms with E-state index >= 15 is 0 Å². The Morgan fingerprint density at radius 1 is 1.28 bits per heavy atom. The number of thiocarbonyl (C=S) groups is 1. The molecule has 0 heterocycles.